The van der Waals surface area contributed by atoms with E-state index in [4.69, 9.17) is 0 Å². The van der Waals surface area contributed by atoms with Gasteiger partial charge in [-0.15, -0.1) is 0 Å². The van der Waals surface area contributed by atoms with Crippen LogP contribution in [-0.4, -0.2) is 4.57 Å². The maximum atomic E-state index is 2.45. The summed E-state index contributed by atoms with van der Waals surface area (Å²) < 4.78 is 2.45. The van der Waals surface area contributed by atoms with E-state index < -0.39 is 0 Å². The lowest BCUT2D eigenvalue weighted by atomic mass is 9.85. The zero-order chi connectivity index (χ0) is 41.8. The molecule has 0 amide bonds. The van der Waals surface area contributed by atoms with Gasteiger partial charge in [-0.3, -0.25) is 0 Å². The van der Waals surface area contributed by atoms with Crippen molar-refractivity contribution < 1.29 is 0 Å². The van der Waals surface area contributed by atoms with Gasteiger partial charge in [-0.1, -0.05) is 185 Å². The van der Waals surface area contributed by atoms with Crippen LogP contribution in [0.1, 0.15) is 26.3 Å². The number of aromatic nitrogens is 1. The molecule has 0 unspecified atom stereocenters. The van der Waals surface area contributed by atoms with Gasteiger partial charge in [0.1, 0.15) is 0 Å². The molecule has 0 saturated heterocycles. The average molecular weight is 795 g/mol. The topological polar surface area (TPSA) is 8.17 Å². The fourth-order valence-electron chi connectivity index (χ4n) is 9.67. The van der Waals surface area contributed by atoms with Crippen molar-refractivity contribution in [1.82, 2.24) is 4.57 Å². The quantitative estimate of drug-likeness (QED) is 0.146. The first-order valence-electron chi connectivity index (χ1n) is 21.6. The molecule has 0 fully saturated rings. The maximum Gasteiger partial charge on any atom is 0.0541 e. The summed E-state index contributed by atoms with van der Waals surface area (Å²) in [7, 11) is 0. The highest BCUT2D eigenvalue weighted by Crippen LogP contribution is 2.45. The lowest BCUT2D eigenvalue weighted by Gasteiger charge is -2.26. The van der Waals surface area contributed by atoms with Gasteiger partial charge < -0.3 is 9.47 Å². The summed E-state index contributed by atoms with van der Waals surface area (Å²) in [5, 5.41) is 7.55. The number of nitrogens with zero attached hydrogens (tertiary/aromatic N) is 2. The minimum Gasteiger partial charge on any atom is -0.311 e. The van der Waals surface area contributed by atoms with Crippen LogP contribution in [0.25, 0.3) is 82.4 Å². The standard InChI is InChI=1S/C60H46N2/c1-60(2,3)54-27-15-17-29-57(54)62-55-28-16-14-22-48(55)53-40-44(34-39-56(53)62)41-30-35-46(36-31-41)61(45-20-8-5-9-21-45)47-37-32-43(33-38-47)59-51-25-12-10-23-49(51)58(42-18-6-4-7-19-42)50-24-11-13-26-52(50)59/h4-40H,1-3H3. The summed E-state index contributed by atoms with van der Waals surface area (Å²) in [6.07, 6.45) is 0. The Morgan fingerprint density at radius 3 is 1.32 bits per heavy atom. The van der Waals surface area contributed by atoms with Gasteiger partial charge in [0.05, 0.1) is 11.0 Å². The van der Waals surface area contributed by atoms with Crippen molar-refractivity contribution in [3.63, 3.8) is 0 Å². The molecule has 0 aliphatic rings. The molecule has 0 radical (unpaired) electrons. The highest BCUT2D eigenvalue weighted by atomic mass is 15.1. The Morgan fingerprint density at radius 1 is 0.323 bits per heavy atom. The summed E-state index contributed by atoms with van der Waals surface area (Å²) in [5.74, 6) is 0. The van der Waals surface area contributed by atoms with Crippen molar-refractivity contribution in [1.29, 1.82) is 0 Å². The van der Waals surface area contributed by atoms with Crippen LogP contribution in [0.2, 0.25) is 0 Å². The first-order chi connectivity index (χ1) is 30.4. The van der Waals surface area contributed by atoms with Crippen molar-refractivity contribution in [3.8, 4) is 39.1 Å². The Labute approximate surface area is 363 Å². The Hall–Kier alpha value is -7.68. The van der Waals surface area contributed by atoms with E-state index in [9.17, 15) is 0 Å². The predicted octanol–water partition coefficient (Wildman–Crippen LogP) is 16.9. The van der Waals surface area contributed by atoms with Gasteiger partial charge in [0.2, 0.25) is 0 Å². The van der Waals surface area contributed by atoms with Crippen molar-refractivity contribution in [2.24, 2.45) is 0 Å². The third-order valence-electron chi connectivity index (χ3n) is 12.5. The fourth-order valence-corrected chi connectivity index (χ4v) is 9.67. The summed E-state index contributed by atoms with van der Waals surface area (Å²) in [5.41, 5.74) is 15.7. The van der Waals surface area contributed by atoms with E-state index in [-0.39, 0.29) is 5.41 Å². The van der Waals surface area contributed by atoms with Crippen molar-refractivity contribution in [3.05, 3.63) is 230 Å². The molecule has 0 saturated carbocycles. The molecule has 62 heavy (non-hydrogen) atoms. The van der Waals surface area contributed by atoms with Gasteiger partial charge in [0.15, 0.2) is 0 Å². The fraction of sp³-hybridized carbons (Fsp3) is 0.0667. The van der Waals surface area contributed by atoms with Crippen LogP contribution in [0, 0.1) is 0 Å². The minimum atomic E-state index is 0.00449. The molecule has 0 spiro atoms. The normalized spacial score (nSPS) is 11.8. The van der Waals surface area contributed by atoms with Crippen LogP contribution in [0.15, 0.2) is 224 Å². The van der Waals surface area contributed by atoms with Crippen LogP contribution in [-0.2, 0) is 5.41 Å². The molecule has 11 rings (SSSR count). The van der Waals surface area contributed by atoms with Crippen molar-refractivity contribution in [2.45, 2.75) is 26.2 Å². The largest absolute Gasteiger partial charge is 0.311 e. The monoisotopic (exact) mass is 794 g/mol. The van der Waals surface area contributed by atoms with Gasteiger partial charge in [-0.2, -0.15) is 0 Å². The number of fused-ring (bicyclic) bond motifs is 5. The molecule has 10 aromatic carbocycles. The molecule has 11 aromatic rings. The average Bonchev–Trinajstić information content (AvgIpc) is 3.65. The first-order valence-corrected chi connectivity index (χ1v) is 21.6. The molecule has 0 aliphatic carbocycles. The molecule has 0 aliphatic heterocycles. The lowest BCUT2D eigenvalue weighted by Crippen LogP contribution is -2.15. The van der Waals surface area contributed by atoms with Crippen LogP contribution in [0.4, 0.5) is 17.1 Å². The lowest BCUT2D eigenvalue weighted by molar-refractivity contribution is 0.587. The molecule has 1 aromatic heterocycles. The molecular weight excluding hydrogens is 749 g/mol. The molecule has 2 heteroatoms. The minimum absolute atomic E-state index is 0.00449. The van der Waals surface area contributed by atoms with Crippen LogP contribution >= 0.6 is 0 Å². The number of benzene rings is 10. The molecule has 0 N–H and O–H groups in total. The second-order valence-corrected chi connectivity index (χ2v) is 17.3. The number of hydrogen-bond donors (Lipinski definition) is 0. The number of anilines is 3. The second-order valence-electron chi connectivity index (χ2n) is 17.3. The predicted molar refractivity (Wildman–Crippen MR) is 265 cm³/mol. The molecule has 0 atom stereocenters. The van der Waals surface area contributed by atoms with Crippen molar-refractivity contribution >= 4 is 60.4 Å². The van der Waals surface area contributed by atoms with Gasteiger partial charge in [0.25, 0.3) is 0 Å². The molecule has 0 bridgehead atoms. The third-order valence-corrected chi connectivity index (χ3v) is 12.5. The summed E-state index contributed by atoms with van der Waals surface area (Å²) >= 11 is 0. The van der Waals surface area contributed by atoms with E-state index in [0.717, 1.165) is 17.1 Å². The summed E-state index contributed by atoms with van der Waals surface area (Å²) in [6, 6.07) is 82.0. The van der Waals surface area contributed by atoms with E-state index in [0.29, 0.717) is 0 Å². The summed E-state index contributed by atoms with van der Waals surface area (Å²) in [6.45, 7) is 6.89. The van der Waals surface area contributed by atoms with Crippen LogP contribution < -0.4 is 4.90 Å². The van der Waals surface area contributed by atoms with Gasteiger partial charge >= 0.3 is 0 Å². The highest BCUT2D eigenvalue weighted by Gasteiger charge is 2.22. The Balaban J connectivity index is 0.985. The van der Waals surface area contributed by atoms with Crippen LogP contribution in [0.3, 0.4) is 0 Å². The first kappa shape index (κ1) is 37.3. The molecule has 1 heterocycles. The smallest absolute Gasteiger partial charge is 0.0541 e. The Morgan fingerprint density at radius 2 is 0.742 bits per heavy atom. The van der Waals surface area contributed by atoms with Crippen molar-refractivity contribution in [2.75, 3.05) is 4.90 Å². The van der Waals surface area contributed by atoms with Gasteiger partial charge in [-0.25, -0.2) is 0 Å². The number of para-hydroxylation sites is 3. The molecule has 296 valence electrons. The SMILES string of the molecule is CC(C)(C)c1ccccc1-n1c2ccccc2c2cc(-c3ccc(N(c4ccccc4)c4ccc(-c5c6ccccc6c(-c6ccccc6)c6ccccc56)cc4)cc3)ccc21. The van der Waals surface area contributed by atoms with Gasteiger partial charge in [-0.05, 0) is 127 Å². The van der Waals surface area contributed by atoms with E-state index in [2.05, 4.69) is 255 Å². The highest BCUT2D eigenvalue weighted by molar-refractivity contribution is 6.21. The zero-order valence-corrected chi connectivity index (χ0v) is 35.3. The zero-order valence-electron chi connectivity index (χ0n) is 35.3. The molecular formula is C60H46N2. The number of rotatable bonds is 7. The Bertz CT molecular complexity index is 3350. The Kier molecular flexibility index (Phi) is 9.09. The van der Waals surface area contributed by atoms with Gasteiger partial charge in [0, 0.05) is 33.5 Å². The number of hydrogen-bond acceptors (Lipinski definition) is 1. The second kappa shape index (κ2) is 15.1. The van der Waals surface area contributed by atoms with E-state index >= 15 is 0 Å². The molecule has 2 nitrogen and oxygen atoms in total. The van der Waals surface area contributed by atoms with E-state index in [1.807, 2.05) is 0 Å². The van der Waals surface area contributed by atoms with Crippen LogP contribution in [0.5, 0.6) is 0 Å². The third kappa shape index (κ3) is 6.35. The van der Waals surface area contributed by atoms with E-state index in [1.54, 1.807) is 0 Å². The summed E-state index contributed by atoms with van der Waals surface area (Å²) in [4.78, 5) is 2.35. The van der Waals surface area contributed by atoms with E-state index in [1.165, 1.54) is 88.0 Å². The maximum absolute atomic E-state index is 2.45.